The second-order valence-corrected chi connectivity index (χ2v) is 16.0. The maximum absolute atomic E-state index is 12.8. The van der Waals surface area contributed by atoms with E-state index in [9.17, 15) is 14.4 Å². The fraction of sp³-hybridized carbons (Fsp3) is 0.390. The molecule has 0 bridgehead atoms. The Balaban J connectivity index is 0.789. The molecule has 2 atom stereocenters. The Morgan fingerprint density at radius 3 is 2.53 bits per heavy atom. The van der Waals surface area contributed by atoms with Gasteiger partial charge in [-0.3, -0.25) is 24.6 Å². The van der Waals surface area contributed by atoms with Crippen molar-refractivity contribution in [3.8, 4) is 11.3 Å². The largest absolute Gasteiger partial charge is 0.381 e. The first-order chi connectivity index (χ1) is 25.9. The first-order valence-corrected chi connectivity index (χ1v) is 19.7. The van der Waals surface area contributed by atoms with Crippen LogP contribution >= 0.6 is 11.3 Å². The molecular weight excluding hydrogens is 685 g/mol. The van der Waals surface area contributed by atoms with Crippen LogP contribution in [0.4, 0.5) is 17.2 Å². The SMILES string of the molecule is C[C@@H]1CNc2c(sc3ccc4nc(-c5ccc(N6CCN(CC7CCN(c8cccc(C9CCC(=O)NC9=O)c8)CC7)CC6)nc5)ccc4c23)C(=O)N1. The summed E-state index contributed by atoms with van der Waals surface area (Å²) < 4.78 is 1.08. The van der Waals surface area contributed by atoms with E-state index in [1.165, 1.54) is 17.0 Å². The van der Waals surface area contributed by atoms with Crippen molar-refractivity contribution in [3.63, 3.8) is 0 Å². The first kappa shape index (κ1) is 33.7. The Morgan fingerprint density at radius 1 is 0.887 bits per heavy atom. The number of piperidine rings is 2. The fourth-order valence-corrected chi connectivity index (χ4v) is 9.56. The summed E-state index contributed by atoms with van der Waals surface area (Å²) in [7, 11) is 0. The molecule has 7 heterocycles. The number of benzene rings is 2. The van der Waals surface area contributed by atoms with Gasteiger partial charge in [-0.25, -0.2) is 9.97 Å². The smallest absolute Gasteiger partial charge is 0.263 e. The topological polar surface area (TPSA) is 123 Å². The monoisotopic (exact) mass is 728 g/mol. The molecule has 2 aromatic carbocycles. The molecule has 3 amide bonds. The number of anilines is 3. The van der Waals surface area contributed by atoms with E-state index in [-0.39, 0.29) is 29.7 Å². The normalized spacial score (nSPS) is 21.6. The van der Waals surface area contributed by atoms with Crippen LogP contribution in [0.5, 0.6) is 0 Å². The van der Waals surface area contributed by atoms with Crippen LogP contribution in [0.1, 0.15) is 53.8 Å². The molecular formula is C41H44N8O3S. The van der Waals surface area contributed by atoms with Crippen LogP contribution in [0.3, 0.4) is 0 Å². The van der Waals surface area contributed by atoms with Crippen LogP contribution in [0, 0.1) is 5.92 Å². The van der Waals surface area contributed by atoms with Gasteiger partial charge < -0.3 is 20.4 Å². The van der Waals surface area contributed by atoms with Gasteiger partial charge in [0.05, 0.1) is 22.8 Å². The number of thiophene rings is 1. The molecule has 3 aromatic heterocycles. The van der Waals surface area contributed by atoms with Crippen molar-refractivity contribution >= 4 is 67.2 Å². The van der Waals surface area contributed by atoms with Gasteiger partial charge in [0.15, 0.2) is 0 Å². The van der Waals surface area contributed by atoms with Crippen molar-refractivity contribution in [1.82, 2.24) is 25.5 Å². The average molecular weight is 729 g/mol. The molecule has 0 radical (unpaired) electrons. The third-order valence-electron chi connectivity index (χ3n) is 11.4. The molecule has 4 aliphatic heterocycles. The Hall–Kier alpha value is -5.07. The van der Waals surface area contributed by atoms with E-state index in [0.717, 1.165) is 113 Å². The standard InChI is InChI=1S/C41H44N8O3S/c1-25-22-43-38-37-31-6-8-32(45-33(31)9-10-34(37)53-39(38)41(52)44-25)28-5-11-35(42-23-28)49-19-17-47(18-20-49)24-26-13-15-48(16-14-26)29-4-2-3-27(21-29)30-7-12-36(50)46-40(30)51/h2-6,8-11,21,23,25-26,30,43H,7,12-20,22,24H2,1H3,(H,44,52)(H,46,50,51)/t25-,30?/m1/s1. The quantitative estimate of drug-likeness (QED) is 0.192. The number of hydrogen-bond acceptors (Lipinski definition) is 10. The minimum Gasteiger partial charge on any atom is -0.381 e. The number of amides is 3. The van der Waals surface area contributed by atoms with E-state index < -0.39 is 0 Å². The second kappa shape index (κ2) is 14.1. The predicted octanol–water partition coefficient (Wildman–Crippen LogP) is 5.61. The van der Waals surface area contributed by atoms with Gasteiger partial charge in [-0.05, 0) is 86.2 Å². The lowest BCUT2D eigenvalue weighted by atomic mass is 9.90. The lowest BCUT2D eigenvalue weighted by molar-refractivity contribution is -0.134. The van der Waals surface area contributed by atoms with Crippen LogP contribution in [-0.2, 0) is 9.59 Å². The highest BCUT2D eigenvalue weighted by atomic mass is 32.1. The van der Waals surface area contributed by atoms with Crippen LogP contribution in [0.25, 0.3) is 32.2 Å². The van der Waals surface area contributed by atoms with Gasteiger partial charge in [0.1, 0.15) is 10.7 Å². The van der Waals surface area contributed by atoms with E-state index in [1.54, 1.807) is 0 Å². The first-order valence-electron chi connectivity index (χ1n) is 18.9. The summed E-state index contributed by atoms with van der Waals surface area (Å²) in [5.74, 6) is 1.06. The van der Waals surface area contributed by atoms with E-state index in [4.69, 9.17) is 9.97 Å². The van der Waals surface area contributed by atoms with E-state index in [0.29, 0.717) is 25.3 Å². The summed E-state index contributed by atoms with van der Waals surface area (Å²) in [5, 5.41) is 11.2. The maximum atomic E-state index is 12.8. The number of hydrogen-bond donors (Lipinski definition) is 3. The number of piperazine rings is 1. The third kappa shape index (κ3) is 6.70. The summed E-state index contributed by atoms with van der Waals surface area (Å²) in [6.07, 6.45) is 5.23. The fourth-order valence-electron chi connectivity index (χ4n) is 8.46. The van der Waals surface area contributed by atoms with Gasteiger partial charge in [0, 0.05) is 97.7 Å². The van der Waals surface area contributed by atoms with Crippen molar-refractivity contribution in [1.29, 1.82) is 0 Å². The molecule has 3 N–H and O–H groups in total. The van der Waals surface area contributed by atoms with Gasteiger partial charge in [-0.1, -0.05) is 12.1 Å². The number of carbonyl (C=O) groups excluding carboxylic acids is 3. The summed E-state index contributed by atoms with van der Waals surface area (Å²) >= 11 is 1.53. The molecule has 12 heteroatoms. The van der Waals surface area contributed by atoms with Gasteiger partial charge >= 0.3 is 0 Å². The Kier molecular flexibility index (Phi) is 8.95. The Bertz CT molecular complexity index is 2200. The van der Waals surface area contributed by atoms with Crippen molar-refractivity contribution in [2.24, 2.45) is 5.92 Å². The second-order valence-electron chi connectivity index (χ2n) is 15.0. The number of rotatable bonds is 6. The molecule has 1 unspecified atom stereocenters. The number of nitrogens with one attached hydrogen (secondary N) is 3. The van der Waals surface area contributed by atoms with Crippen LogP contribution in [0.15, 0.2) is 66.9 Å². The molecule has 0 aliphatic carbocycles. The minimum atomic E-state index is -0.247. The molecule has 272 valence electrons. The highest BCUT2D eigenvalue weighted by Crippen LogP contribution is 2.41. The minimum absolute atomic E-state index is 0.0189. The highest BCUT2D eigenvalue weighted by Gasteiger charge is 2.30. The third-order valence-corrected chi connectivity index (χ3v) is 12.6. The van der Waals surface area contributed by atoms with Gasteiger partial charge in [0.25, 0.3) is 5.91 Å². The molecule has 0 saturated carbocycles. The average Bonchev–Trinajstić information content (AvgIpc) is 3.50. The number of fused-ring (bicyclic) bond motifs is 5. The molecule has 3 fully saturated rings. The zero-order chi connectivity index (χ0) is 36.1. The molecule has 11 nitrogen and oxygen atoms in total. The molecule has 5 aromatic rings. The summed E-state index contributed by atoms with van der Waals surface area (Å²) in [6, 6.07) is 21.0. The van der Waals surface area contributed by atoms with E-state index >= 15 is 0 Å². The molecule has 9 rings (SSSR count). The van der Waals surface area contributed by atoms with Crippen LogP contribution in [-0.4, -0.2) is 91.0 Å². The summed E-state index contributed by atoms with van der Waals surface area (Å²) in [6.45, 7) is 9.82. The predicted molar refractivity (Wildman–Crippen MR) is 211 cm³/mol. The molecule has 53 heavy (non-hydrogen) atoms. The summed E-state index contributed by atoms with van der Waals surface area (Å²) in [5.41, 5.74) is 5.86. The zero-order valence-electron chi connectivity index (χ0n) is 29.9. The maximum Gasteiger partial charge on any atom is 0.263 e. The van der Waals surface area contributed by atoms with Crippen LogP contribution in [0.2, 0.25) is 0 Å². The number of aromatic nitrogens is 2. The van der Waals surface area contributed by atoms with E-state index in [1.807, 2.05) is 31.3 Å². The number of carbonyl (C=O) groups is 3. The number of pyridine rings is 2. The highest BCUT2D eigenvalue weighted by molar-refractivity contribution is 7.21. The van der Waals surface area contributed by atoms with Crippen molar-refractivity contribution in [2.45, 2.75) is 44.6 Å². The molecule has 3 saturated heterocycles. The lowest BCUT2D eigenvalue weighted by Crippen LogP contribution is -2.49. The van der Waals surface area contributed by atoms with Crippen molar-refractivity contribution in [2.75, 3.05) is 67.5 Å². The molecule has 4 aliphatic rings. The Labute approximate surface area is 312 Å². The van der Waals surface area contributed by atoms with Gasteiger partial charge in [-0.15, -0.1) is 11.3 Å². The van der Waals surface area contributed by atoms with E-state index in [2.05, 4.69) is 73.1 Å². The van der Waals surface area contributed by atoms with Crippen LogP contribution < -0.4 is 25.8 Å². The Morgan fingerprint density at radius 2 is 1.74 bits per heavy atom. The van der Waals surface area contributed by atoms with Crippen molar-refractivity contribution in [3.05, 3.63) is 77.3 Å². The van der Waals surface area contributed by atoms with Gasteiger partial charge in [0.2, 0.25) is 11.8 Å². The number of imide groups is 1. The number of nitrogens with zero attached hydrogens (tertiary/aromatic N) is 5. The zero-order valence-corrected chi connectivity index (χ0v) is 30.8. The van der Waals surface area contributed by atoms with Gasteiger partial charge in [-0.2, -0.15) is 0 Å². The van der Waals surface area contributed by atoms with Crippen molar-refractivity contribution < 1.29 is 14.4 Å². The molecule has 0 spiro atoms. The summed E-state index contributed by atoms with van der Waals surface area (Å²) in [4.78, 5) is 54.9. The lowest BCUT2D eigenvalue weighted by Gasteiger charge is -2.39.